The lowest BCUT2D eigenvalue weighted by atomic mass is 10.2. The molecule has 0 aliphatic rings. The van der Waals surface area contributed by atoms with Crippen LogP contribution >= 0.6 is 0 Å². The molecule has 0 radical (unpaired) electrons. The fraction of sp³-hybridized carbons (Fsp3) is 0.583. The summed E-state index contributed by atoms with van der Waals surface area (Å²) >= 11 is 0. The van der Waals surface area contributed by atoms with Crippen LogP contribution < -0.4 is 4.90 Å². The van der Waals surface area contributed by atoms with Crippen molar-refractivity contribution in [2.24, 2.45) is 0 Å². The van der Waals surface area contributed by atoms with Crippen LogP contribution in [0.4, 0.5) is 5.69 Å². The Morgan fingerprint density at radius 1 is 1.47 bits per heavy atom. The number of unbranched alkanes of at least 4 members (excludes halogenated alkanes) is 1. The van der Waals surface area contributed by atoms with Gasteiger partial charge in [0.15, 0.2) is 0 Å². The van der Waals surface area contributed by atoms with E-state index in [2.05, 4.69) is 23.9 Å². The van der Waals surface area contributed by atoms with Gasteiger partial charge in [0.25, 0.3) is 0 Å². The number of hydrogen-bond donors (Lipinski definition) is 1. The Morgan fingerprint density at radius 2 is 2.20 bits per heavy atom. The highest BCUT2D eigenvalue weighted by Crippen LogP contribution is 2.19. The van der Waals surface area contributed by atoms with E-state index in [1.165, 1.54) is 12.8 Å². The molecule has 0 spiro atoms. The van der Waals surface area contributed by atoms with Gasteiger partial charge in [-0.1, -0.05) is 13.3 Å². The first-order valence-corrected chi connectivity index (χ1v) is 5.46. The van der Waals surface area contributed by atoms with Crippen LogP contribution in [-0.2, 0) is 6.61 Å². The molecule has 0 aromatic carbocycles. The van der Waals surface area contributed by atoms with Crippen molar-refractivity contribution in [3.8, 4) is 0 Å². The lowest BCUT2D eigenvalue weighted by molar-refractivity contribution is 0.281. The maximum atomic E-state index is 9.22. The molecule has 0 amide bonds. The minimum absolute atomic E-state index is 0.0546. The zero-order valence-electron chi connectivity index (χ0n) is 9.82. The van der Waals surface area contributed by atoms with Crippen molar-refractivity contribution < 1.29 is 5.11 Å². The van der Waals surface area contributed by atoms with Gasteiger partial charge in [0.2, 0.25) is 0 Å². The van der Waals surface area contributed by atoms with E-state index < -0.39 is 0 Å². The Labute approximate surface area is 91.8 Å². The second-order valence-electron chi connectivity index (χ2n) is 3.89. The van der Waals surface area contributed by atoms with Crippen LogP contribution in [0.25, 0.3) is 0 Å². The van der Waals surface area contributed by atoms with Gasteiger partial charge in [0, 0.05) is 36.7 Å². The van der Waals surface area contributed by atoms with Gasteiger partial charge >= 0.3 is 0 Å². The van der Waals surface area contributed by atoms with Crippen LogP contribution in [0.15, 0.2) is 12.3 Å². The summed E-state index contributed by atoms with van der Waals surface area (Å²) in [6.07, 6.45) is 4.11. The first kappa shape index (κ1) is 12.0. The number of pyridine rings is 1. The molecule has 0 bridgehead atoms. The topological polar surface area (TPSA) is 36.4 Å². The number of aromatic nitrogens is 1. The number of anilines is 1. The average Bonchev–Trinajstić information content (AvgIpc) is 2.25. The van der Waals surface area contributed by atoms with E-state index in [4.69, 9.17) is 0 Å². The highest BCUT2D eigenvalue weighted by molar-refractivity contribution is 5.52. The maximum absolute atomic E-state index is 9.22. The number of hydrogen-bond acceptors (Lipinski definition) is 3. The Balaban J connectivity index is 2.85. The zero-order valence-corrected chi connectivity index (χ0v) is 9.82. The number of nitrogens with zero attached hydrogens (tertiary/aromatic N) is 2. The van der Waals surface area contributed by atoms with E-state index in [1.807, 2.05) is 13.0 Å². The number of aliphatic hydroxyl groups excluding tert-OH is 1. The van der Waals surface area contributed by atoms with E-state index >= 15 is 0 Å². The molecule has 3 heteroatoms. The largest absolute Gasteiger partial charge is 0.392 e. The van der Waals surface area contributed by atoms with Crippen molar-refractivity contribution in [2.75, 3.05) is 18.5 Å². The van der Waals surface area contributed by atoms with Crippen molar-refractivity contribution in [3.63, 3.8) is 0 Å². The second kappa shape index (κ2) is 5.71. The molecule has 1 aromatic rings. The van der Waals surface area contributed by atoms with E-state index in [9.17, 15) is 5.11 Å². The third-order valence-electron chi connectivity index (χ3n) is 2.53. The molecule has 15 heavy (non-hydrogen) atoms. The fourth-order valence-corrected chi connectivity index (χ4v) is 1.57. The van der Waals surface area contributed by atoms with Gasteiger partial charge in [-0.3, -0.25) is 4.98 Å². The Hall–Kier alpha value is -1.09. The van der Waals surface area contributed by atoms with Crippen molar-refractivity contribution in [1.82, 2.24) is 4.98 Å². The molecule has 1 heterocycles. The molecule has 1 rings (SSSR count). The highest BCUT2D eigenvalue weighted by Gasteiger charge is 2.07. The van der Waals surface area contributed by atoms with Crippen LogP contribution in [-0.4, -0.2) is 23.7 Å². The van der Waals surface area contributed by atoms with Gasteiger partial charge in [-0.25, -0.2) is 0 Å². The third-order valence-corrected chi connectivity index (χ3v) is 2.53. The molecular weight excluding hydrogens is 188 g/mol. The summed E-state index contributed by atoms with van der Waals surface area (Å²) in [5.41, 5.74) is 2.99. The van der Waals surface area contributed by atoms with Gasteiger partial charge in [0.1, 0.15) is 0 Å². The second-order valence-corrected chi connectivity index (χ2v) is 3.89. The van der Waals surface area contributed by atoms with Crippen molar-refractivity contribution in [2.45, 2.75) is 33.3 Å². The molecule has 3 nitrogen and oxygen atoms in total. The predicted octanol–water partition coefficient (Wildman–Crippen LogP) is 2.12. The lowest BCUT2D eigenvalue weighted by Gasteiger charge is -2.21. The summed E-state index contributed by atoms with van der Waals surface area (Å²) in [5, 5.41) is 9.22. The monoisotopic (exact) mass is 208 g/mol. The molecule has 0 saturated carbocycles. The van der Waals surface area contributed by atoms with E-state index in [0.29, 0.717) is 0 Å². The van der Waals surface area contributed by atoms with Crippen LogP contribution in [0.1, 0.15) is 31.0 Å². The smallest absolute Gasteiger partial charge is 0.0717 e. The Morgan fingerprint density at radius 3 is 2.80 bits per heavy atom. The number of aliphatic hydroxyl groups is 1. The quantitative estimate of drug-likeness (QED) is 0.805. The fourth-order valence-electron chi connectivity index (χ4n) is 1.57. The Bertz CT molecular complexity index is 312. The summed E-state index contributed by atoms with van der Waals surface area (Å²) in [6.45, 7) is 5.23. The zero-order chi connectivity index (χ0) is 11.3. The summed E-state index contributed by atoms with van der Waals surface area (Å²) < 4.78 is 0. The minimum atomic E-state index is 0.0546. The first-order chi connectivity index (χ1) is 7.19. The maximum Gasteiger partial charge on any atom is 0.0717 e. The molecule has 0 aliphatic heterocycles. The Kier molecular flexibility index (Phi) is 4.56. The van der Waals surface area contributed by atoms with Crippen LogP contribution in [0, 0.1) is 6.92 Å². The summed E-state index contributed by atoms with van der Waals surface area (Å²) in [6, 6.07) is 2.03. The normalized spacial score (nSPS) is 10.4. The predicted molar refractivity (Wildman–Crippen MR) is 63.1 cm³/mol. The molecule has 0 aliphatic carbocycles. The molecule has 1 N–H and O–H groups in total. The molecular formula is C12H20N2O. The third kappa shape index (κ3) is 3.20. The molecule has 0 fully saturated rings. The van der Waals surface area contributed by atoms with Gasteiger partial charge in [-0.15, -0.1) is 0 Å². The van der Waals surface area contributed by atoms with E-state index in [1.54, 1.807) is 6.20 Å². The van der Waals surface area contributed by atoms with Gasteiger partial charge in [-0.05, 0) is 19.4 Å². The summed E-state index contributed by atoms with van der Waals surface area (Å²) in [5.74, 6) is 0. The van der Waals surface area contributed by atoms with Crippen LogP contribution in [0.2, 0.25) is 0 Å². The van der Waals surface area contributed by atoms with Crippen molar-refractivity contribution in [1.29, 1.82) is 0 Å². The molecule has 0 unspecified atom stereocenters. The molecule has 1 aromatic heterocycles. The van der Waals surface area contributed by atoms with Crippen LogP contribution in [0.5, 0.6) is 0 Å². The van der Waals surface area contributed by atoms with E-state index in [-0.39, 0.29) is 6.61 Å². The lowest BCUT2D eigenvalue weighted by Crippen LogP contribution is -2.20. The summed E-state index contributed by atoms with van der Waals surface area (Å²) in [4.78, 5) is 6.37. The standard InChI is InChI=1S/C12H20N2O/c1-4-5-6-14(3)12-7-10(2)13-8-11(12)9-15/h7-8,15H,4-6,9H2,1-3H3. The highest BCUT2D eigenvalue weighted by atomic mass is 16.3. The molecule has 0 saturated heterocycles. The van der Waals surface area contributed by atoms with Crippen LogP contribution in [0.3, 0.4) is 0 Å². The number of rotatable bonds is 5. The molecule has 0 atom stereocenters. The SMILES string of the molecule is CCCCN(C)c1cc(C)ncc1CO. The van der Waals surface area contributed by atoms with Crippen molar-refractivity contribution in [3.05, 3.63) is 23.5 Å². The molecule has 84 valence electrons. The minimum Gasteiger partial charge on any atom is -0.392 e. The average molecular weight is 208 g/mol. The van der Waals surface area contributed by atoms with Crippen molar-refractivity contribution >= 4 is 5.69 Å². The van der Waals surface area contributed by atoms with Gasteiger partial charge in [0.05, 0.1) is 6.61 Å². The first-order valence-electron chi connectivity index (χ1n) is 5.46. The van der Waals surface area contributed by atoms with Gasteiger partial charge in [-0.2, -0.15) is 0 Å². The van der Waals surface area contributed by atoms with Gasteiger partial charge < -0.3 is 10.0 Å². The summed E-state index contributed by atoms with van der Waals surface area (Å²) in [7, 11) is 2.06. The number of aryl methyl sites for hydroxylation is 1. The van der Waals surface area contributed by atoms with E-state index in [0.717, 1.165) is 23.5 Å².